The maximum atomic E-state index is 12.8. The van der Waals surface area contributed by atoms with Gasteiger partial charge in [0.2, 0.25) is 0 Å². The van der Waals surface area contributed by atoms with Crippen LogP contribution in [0.3, 0.4) is 0 Å². The van der Waals surface area contributed by atoms with Crippen molar-refractivity contribution < 1.29 is 17.9 Å². The van der Waals surface area contributed by atoms with Crippen molar-refractivity contribution in [2.24, 2.45) is 0 Å². The maximum Gasteiger partial charge on any atom is 0.275 e. The van der Waals surface area contributed by atoms with Crippen molar-refractivity contribution in [1.82, 2.24) is 0 Å². The average molecular weight is 162 g/mol. The van der Waals surface area contributed by atoms with Crippen molar-refractivity contribution in [3.8, 4) is 0 Å². The topological polar surface area (TPSA) is 9.23 Å². The average Bonchev–Trinajstić information content (AvgIpc) is 2.44. The van der Waals surface area contributed by atoms with Gasteiger partial charge in [-0.05, 0) is 0 Å². The molecule has 0 saturated carbocycles. The van der Waals surface area contributed by atoms with E-state index >= 15 is 0 Å². The highest BCUT2D eigenvalue weighted by atomic mass is 19.3. The number of alkyl halides is 1. The Bertz CT molecular complexity index is 242. The lowest BCUT2D eigenvalue weighted by atomic mass is 10.0. The standard InChI is InChI=1S/C7H5F3O/c8-6-4-2-1-3(11-4)5(6)7(9)10/h1-4,6H. The molecule has 0 N–H and O–H groups in total. The van der Waals surface area contributed by atoms with Gasteiger partial charge in [-0.25, -0.2) is 4.39 Å². The molecule has 0 aromatic rings. The smallest absolute Gasteiger partial charge is 0.275 e. The third kappa shape index (κ3) is 0.822. The summed E-state index contributed by atoms with van der Waals surface area (Å²) in [7, 11) is 0. The lowest BCUT2D eigenvalue weighted by molar-refractivity contribution is 0.101. The number of fused-ring (bicyclic) bond motifs is 2. The fourth-order valence-electron chi connectivity index (χ4n) is 1.36. The molecular weight excluding hydrogens is 157 g/mol. The summed E-state index contributed by atoms with van der Waals surface area (Å²) in [6.07, 6.45) is -2.27. The highest BCUT2D eigenvalue weighted by molar-refractivity contribution is 5.33. The molecule has 0 aliphatic carbocycles. The van der Waals surface area contributed by atoms with E-state index in [-0.39, 0.29) is 0 Å². The summed E-state index contributed by atoms with van der Waals surface area (Å²) in [5, 5.41) is 0. The first kappa shape index (κ1) is 6.91. The molecule has 0 amide bonds. The van der Waals surface area contributed by atoms with Crippen LogP contribution in [0.2, 0.25) is 0 Å². The second-order valence-corrected chi connectivity index (χ2v) is 2.52. The zero-order valence-electron chi connectivity index (χ0n) is 5.43. The first-order valence-corrected chi connectivity index (χ1v) is 3.23. The van der Waals surface area contributed by atoms with Crippen molar-refractivity contribution in [3.05, 3.63) is 23.8 Å². The van der Waals surface area contributed by atoms with E-state index in [4.69, 9.17) is 4.74 Å². The first-order valence-electron chi connectivity index (χ1n) is 3.23. The summed E-state index contributed by atoms with van der Waals surface area (Å²) in [5.41, 5.74) is -0.502. The molecule has 2 rings (SSSR count). The van der Waals surface area contributed by atoms with Crippen LogP contribution in [0.1, 0.15) is 0 Å². The van der Waals surface area contributed by atoms with Gasteiger partial charge in [0, 0.05) is 0 Å². The van der Waals surface area contributed by atoms with Gasteiger partial charge >= 0.3 is 0 Å². The molecule has 2 aliphatic heterocycles. The van der Waals surface area contributed by atoms with Crippen LogP contribution in [0, 0.1) is 0 Å². The minimum absolute atomic E-state index is 0.502. The summed E-state index contributed by atoms with van der Waals surface area (Å²) in [6.45, 7) is 0. The van der Waals surface area contributed by atoms with E-state index in [0.29, 0.717) is 0 Å². The molecule has 0 aromatic carbocycles. The van der Waals surface area contributed by atoms with Gasteiger partial charge in [-0.2, -0.15) is 8.78 Å². The lowest BCUT2D eigenvalue weighted by Crippen LogP contribution is -2.16. The van der Waals surface area contributed by atoms with E-state index in [2.05, 4.69) is 0 Å². The van der Waals surface area contributed by atoms with E-state index in [9.17, 15) is 13.2 Å². The molecule has 0 spiro atoms. The Morgan fingerprint density at radius 1 is 1.36 bits per heavy atom. The number of rotatable bonds is 0. The first-order chi connectivity index (χ1) is 5.20. The Balaban J connectivity index is 2.40. The molecule has 0 radical (unpaired) electrons. The number of hydrogen-bond donors (Lipinski definition) is 0. The van der Waals surface area contributed by atoms with Gasteiger partial charge in [0.05, 0.1) is 5.57 Å². The Morgan fingerprint density at radius 3 is 2.45 bits per heavy atom. The Morgan fingerprint density at radius 2 is 2.09 bits per heavy atom. The fraction of sp³-hybridized carbons (Fsp3) is 0.429. The SMILES string of the molecule is FC(F)=C1C2C=CC(O2)C1F. The molecule has 1 saturated heterocycles. The van der Waals surface area contributed by atoms with Crippen LogP contribution in [0.15, 0.2) is 23.8 Å². The van der Waals surface area contributed by atoms with Crippen LogP contribution in [-0.2, 0) is 4.74 Å². The van der Waals surface area contributed by atoms with E-state index in [0.717, 1.165) is 0 Å². The molecule has 11 heavy (non-hydrogen) atoms. The van der Waals surface area contributed by atoms with Crippen LogP contribution in [-0.4, -0.2) is 18.4 Å². The molecule has 3 unspecified atom stereocenters. The van der Waals surface area contributed by atoms with E-state index in [1.54, 1.807) is 0 Å². The summed E-state index contributed by atoms with van der Waals surface area (Å²) < 4.78 is 41.6. The van der Waals surface area contributed by atoms with Crippen LogP contribution >= 0.6 is 0 Å². The van der Waals surface area contributed by atoms with Gasteiger partial charge in [0.1, 0.15) is 12.2 Å². The maximum absolute atomic E-state index is 12.8. The zero-order valence-corrected chi connectivity index (χ0v) is 5.43. The molecule has 1 nitrogen and oxygen atoms in total. The molecule has 1 fully saturated rings. The minimum Gasteiger partial charge on any atom is -0.359 e. The molecule has 4 heteroatoms. The monoisotopic (exact) mass is 162 g/mol. The predicted molar refractivity (Wildman–Crippen MR) is 31.9 cm³/mol. The van der Waals surface area contributed by atoms with Gasteiger partial charge in [0.25, 0.3) is 6.08 Å². The van der Waals surface area contributed by atoms with Crippen molar-refractivity contribution in [2.75, 3.05) is 0 Å². The summed E-state index contributed by atoms with van der Waals surface area (Å²) in [4.78, 5) is 0. The number of halogens is 3. The molecule has 60 valence electrons. The predicted octanol–water partition coefficient (Wildman–Crippen LogP) is 1.81. The third-order valence-electron chi connectivity index (χ3n) is 1.89. The van der Waals surface area contributed by atoms with Crippen molar-refractivity contribution in [3.63, 3.8) is 0 Å². The van der Waals surface area contributed by atoms with Crippen LogP contribution in [0.25, 0.3) is 0 Å². The van der Waals surface area contributed by atoms with Crippen LogP contribution in [0.5, 0.6) is 0 Å². The van der Waals surface area contributed by atoms with Crippen molar-refractivity contribution in [1.29, 1.82) is 0 Å². The summed E-state index contributed by atoms with van der Waals surface area (Å²) in [5.74, 6) is 0. The number of hydrogen-bond acceptors (Lipinski definition) is 1. The Labute approximate surface area is 61.1 Å². The zero-order chi connectivity index (χ0) is 8.01. The quantitative estimate of drug-likeness (QED) is 0.493. The van der Waals surface area contributed by atoms with Crippen LogP contribution in [0.4, 0.5) is 13.2 Å². The lowest BCUT2D eigenvalue weighted by Gasteiger charge is -2.07. The second kappa shape index (κ2) is 2.11. The normalized spacial score (nSPS) is 40.3. The van der Waals surface area contributed by atoms with E-state index in [1.807, 2.05) is 0 Å². The molecule has 0 aromatic heterocycles. The van der Waals surface area contributed by atoms with Gasteiger partial charge in [-0.1, -0.05) is 12.2 Å². The van der Waals surface area contributed by atoms with E-state index < -0.39 is 30.0 Å². The van der Waals surface area contributed by atoms with Gasteiger partial charge in [-0.3, -0.25) is 0 Å². The van der Waals surface area contributed by atoms with Crippen molar-refractivity contribution in [2.45, 2.75) is 18.4 Å². The largest absolute Gasteiger partial charge is 0.359 e. The minimum atomic E-state index is -1.95. The Hall–Kier alpha value is -0.770. The molecule has 3 atom stereocenters. The molecule has 2 heterocycles. The third-order valence-corrected chi connectivity index (χ3v) is 1.89. The van der Waals surface area contributed by atoms with Gasteiger partial charge < -0.3 is 4.74 Å². The van der Waals surface area contributed by atoms with Gasteiger partial charge in [-0.15, -0.1) is 0 Å². The second-order valence-electron chi connectivity index (χ2n) is 2.52. The molecule has 2 bridgehead atoms. The summed E-state index contributed by atoms with van der Waals surface area (Å²) >= 11 is 0. The molecular formula is C7H5F3O. The molecule has 2 aliphatic rings. The van der Waals surface area contributed by atoms with Crippen molar-refractivity contribution >= 4 is 0 Å². The fourth-order valence-corrected chi connectivity index (χ4v) is 1.36. The number of ether oxygens (including phenoxy) is 1. The van der Waals surface area contributed by atoms with Crippen LogP contribution < -0.4 is 0 Å². The van der Waals surface area contributed by atoms with Gasteiger partial charge in [0.15, 0.2) is 6.17 Å². The van der Waals surface area contributed by atoms with E-state index in [1.165, 1.54) is 12.2 Å². The highest BCUT2D eigenvalue weighted by Gasteiger charge is 2.44. The highest BCUT2D eigenvalue weighted by Crippen LogP contribution is 2.37. The Kier molecular flexibility index (Phi) is 1.32. The summed E-state index contributed by atoms with van der Waals surface area (Å²) in [6, 6.07) is 0.